The number of halogens is 4. The summed E-state index contributed by atoms with van der Waals surface area (Å²) < 4.78 is 66.1. The number of sulfonamides is 1. The topological polar surface area (TPSA) is 95.6 Å². The Kier molecular flexibility index (Phi) is 7.92. The first kappa shape index (κ1) is 25.6. The zero-order valence-electron chi connectivity index (χ0n) is 17.4. The summed E-state index contributed by atoms with van der Waals surface area (Å²) in [5, 5.41) is 4.53. The van der Waals surface area contributed by atoms with Crippen molar-refractivity contribution >= 4 is 44.8 Å². The van der Waals surface area contributed by atoms with Crippen molar-refractivity contribution in [3.8, 4) is 0 Å². The Balaban J connectivity index is 2.48. The molecule has 0 fully saturated rings. The molecule has 0 unspecified atom stereocenters. The minimum absolute atomic E-state index is 0.0520. The largest absolute Gasteiger partial charge is 0.416 e. The van der Waals surface area contributed by atoms with Gasteiger partial charge in [-0.2, -0.15) is 17.5 Å². The van der Waals surface area contributed by atoms with Crippen LogP contribution in [-0.4, -0.2) is 37.6 Å². The van der Waals surface area contributed by atoms with Crippen LogP contribution in [0.1, 0.15) is 36.7 Å². The lowest BCUT2D eigenvalue weighted by molar-refractivity contribution is -0.137. The van der Waals surface area contributed by atoms with Gasteiger partial charge >= 0.3 is 6.18 Å². The van der Waals surface area contributed by atoms with Gasteiger partial charge in [0, 0.05) is 25.6 Å². The van der Waals surface area contributed by atoms with Gasteiger partial charge in [0.05, 0.1) is 22.0 Å². The van der Waals surface area contributed by atoms with Crippen molar-refractivity contribution in [2.24, 2.45) is 0 Å². The number of carbonyl (C=O) groups is 2. The Morgan fingerprint density at radius 3 is 2.16 bits per heavy atom. The van der Waals surface area contributed by atoms with E-state index in [1.165, 1.54) is 12.1 Å². The Hall–Kier alpha value is -2.63. The summed E-state index contributed by atoms with van der Waals surface area (Å²) in [5.41, 5.74) is -1.54. The minimum atomic E-state index is -4.68. The second kappa shape index (κ2) is 9.88. The highest BCUT2D eigenvalue weighted by molar-refractivity contribution is 7.89. The van der Waals surface area contributed by atoms with Crippen LogP contribution in [0.15, 0.2) is 41.3 Å². The molecular weight excluding hydrogens is 471 g/mol. The van der Waals surface area contributed by atoms with Crippen molar-refractivity contribution in [2.75, 3.05) is 23.7 Å². The van der Waals surface area contributed by atoms with Crippen LogP contribution in [-0.2, 0) is 21.0 Å². The lowest BCUT2D eigenvalue weighted by Crippen LogP contribution is -2.31. The lowest BCUT2D eigenvalue weighted by atomic mass is 10.1. The monoisotopic (exact) mass is 491 g/mol. The third kappa shape index (κ3) is 5.78. The molecule has 2 N–H and O–H groups in total. The van der Waals surface area contributed by atoms with E-state index in [-0.39, 0.29) is 39.9 Å². The van der Waals surface area contributed by atoms with Gasteiger partial charge in [-0.25, -0.2) is 8.42 Å². The Labute approximate surface area is 188 Å². The van der Waals surface area contributed by atoms with Gasteiger partial charge in [-0.1, -0.05) is 25.4 Å². The zero-order valence-corrected chi connectivity index (χ0v) is 19.0. The number of hydrogen-bond donors (Lipinski definition) is 2. The summed E-state index contributed by atoms with van der Waals surface area (Å²) in [6, 6.07) is 5.96. The van der Waals surface area contributed by atoms with Crippen LogP contribution in [0.3, 0.4) is 0 Å². The first-order valence-corrected chi connectivity index (χ1v) is 11.2. The maximum absolute atomic E-state index is 13.1. The van der Waals surface area contributed by atoms with Crippen LogP contribution < -0.4 is 10.6 Å². The molecule has 0 saturated heterocycles. The average molecular weight is 492 g/mol. The fourth-order valence-electron chi connectivity index (χ4n) is 2.86. The lowest BCUT2D eigenvalue weighted by Gasteiger charge is -2.20. The number of benzene rings is 2. The molecule has 2 amide bonds. The molecule has 12 heteroatoms. The number of carbonyl (C=O) groups excluding carboxylic acids is 2. The third-order valence-corrected chi connectivity index (χ3v) is 6.95. The van der Waals surface area contributed by atoms with Crippen molar-refractivity contribution in [3.63, 3.8) is 0 Å². The van der Waals surface area contributed by atoms with Gasteiger partial charge in [0.25, 0.3) is 5.91 Å². The van der Waals surface area contributed by atoms with Crippen LogP contribution in [0.25, 0.3) is 0 Å². The van der Waals surface area contributed by atoms with E-state index in [9.17, 15) is 31.2 Å². The first-order chi connectivity index (χ1) is 14.8. The summed E-state index contributed by atoms with van der Waals surface area (Å²) in [6.45, 7) is 4.80. The summed E-state index contributed by atoms with van der Waals surface area (Å²) in [5.74, 6) is -1.44. The van der Waals surface area contributed by atoms with Crippen LogP contribution in [0, 0.1) is 0 Å². The molecule has 0 aliphatic rings. The van der Waals surface area contributed by atoms with Gasteiger partial charge in [0.15, 0.2) is 0 Å². The number of alkyl halides is 3. The van der Waals surface area contributed by atoms with E-state index < -0.39 is 33.6 Å². The average Bonchev–Trinajstić information content (AvgIpc) is 2.68. The maximum atomic E-state index is 13.1. The summed E-state index contributed by atoms with van der Waals surface area (Å²) in [7, 11) is -4.00. The number of nitrogens with zero attached hydrogens (tertiary/aromatic N) is 1. The molecule has 0 saturated carbocycles. The van der Waals surface area contributed by atoms with Gasteiger partial charge in [-0.15, -0.1) is 0 Å². The zero-order chi connectivity index (χ0) is 24.3. The third-order valence-electron chi connectivity index (χ3n) is 4.42. The maximum Gasteiger partial charge on any atom is 0.416 e. The molecule has 2 aromatic rings. The molecule has 174 valence electrons. The van der Waals surface area contributed by atoms with Gasteiger partial charge in [0.1, 0.15) is 4.90 Å². The SMILES string of the molecule is CCN(CC)S(=O)(=O)c1cc(C(=O)Nc2cc(C(F)(F)F)ccc2NC(C)=O)ccc1Cl. The molecule has 7 nitrogen and oxygen atoms in total. The van der Waals surface area contributed by atoms with E-state index in [4.69, 9.17) is 11.6 Å². The van der Waals surface area contributed by atoms with Gasteiger partial charge in [-0.05, 0) is 36.4 Å². The molecule has 0 heterocycles. The molecule has 0 aliphatic heterocycles. The van der Waals surface area contributed by atoms with Crippen LogP contribution in [0.2, 0.25) is 5.02 Å². The highest BCUT2D eigenvalue weighted by atomic mass is 35.5. The van der Waals surface area contributed by atoms with E-state index in [1.54, 1.807) is 13.8 Å². The van der Waals surface area contributed by atoms with Crippen molar-refractivity contribution in [3.05, 3.63) is 52.5 Å². The van der Waals surface area contributed by atoms with Crippen molar-refractivity contribution < 1.29 is 31.2 Å². The predicted molar refractivity (Wildman–Crippen MR) is 115 cm³/mol. The Morgan fingerprint density at radius 1 is 1.00 bits per heavy atom. The van der Waals surface area contributed by atoms with Crippen molar-refractivity contribution in [1.29, 1.82) is 0 Å². The van der Waals surface area contributed by atoms with E-state index in [1.807, 2.05) is 0 Å². The summed E-state index contributed by atoms with van der Waals surface area (Å²) >= 11 is 6.05. The molecule has 0 atom stereocenters. The molecule has 0 radical (unpaired) electrons. The quantitative estimate of drug-likeness (QED) is 0.591. The van der Waals surface area contributed by atoms with Crippen LogP contribution in [0.4, 0.5) is 24.5 Å². The van der Waals surface area contributed by atoms with Gasteiger partial charge in [-0.3, -0.25) is 9.59 Å². The van der Waals surface area contributed by atoms with E-state index in [2.05, 4.69) is 10.6 Å². The number of rotatable bonds is 7. The fourth-order valence-corrected chi connectivity index (χ4v) is 4.82. The van der Waals surface area contributed by atoms with E-state index in [0.29, 0.717) is 6.07 Å². The number of hydrogen-bond acceptors (Lipinski definition) is 4. The molecular formula is C20H21ClF3N3O4S. The number of nitrogens with one attached hydrogen (secondary N) is 2. The van der Waals surface area contributed by atoms with Crippen LogP contribution >= 0.6 is 11.6 Å². The molecule has 0 bridgehead atoms. The standard InChI is InChI=1S/C20H21ClF3N3O4S/c1-4-27(5-2)32(30,31)18-10-13(6-8-15(18)21)19(29)26-17-11-14(20(22,23)24)7-9-16(17)25-12(3)28/h6-11H,4-5H2,1-3H3,(H,25,28)(H,26,29). The highest BCUT2D eigenvalue weighted by Crippen LogP contribution is 2.34. The minimum Gasteiger partial charge on any atom is -0.325 e. The first-order valence-electron chi connectivity index (χ1n) is 9.41. The summed E-state index contributed by atoms with van der Waals surface area (Å²) in [6.07, 6.45) is -4.68. The van der Waals surface area contributed by atoms with Gasteiger partial charge < -0.3 is 10.6 Å². The van der Waals surface area contributed by atoms with Crippen molar-refractivity contribution in [1.82, 2.24) is 4.31 Å². The smallest absolute Gasteiger partial charge is 0.325 e. The normalized spacial score (nSPS) is 12.0. The molecule has 32 heavy (non-hydrogen) atoms. The molecule has 0 aromatic heterocycles. The second-order valence-electron chi connectivity index (χ2n) is 6.63. The molecule has 0 spiro atoms. The second-order valence-corrected chi connectivity index (χ2v) is 8.94. The highest BCUT2D eigenvalue weighted by Gasteiger charge is 2.31. The number of amides is 2. The van der Waals surface area contributed by atoms with Crippen molar-refractivity contribution in [2.45, 2.75) is 31.8 Å². The Bertz CT molecular complexity index is 1130. The predicted octanol–water partition coefficient (Wildman–Crippen LogP) is 4.60. The fraction of sp³-hybridized carbons (Fsp3) is 0.300. The van der Waals surface area contributed by atoms with E-state index >= 15 is 0 Å². The van der Waals surface area contributed by atoms with Crippen LogP contribution in [0.5, 0.6) is 0 Å². The Morgan fingerprint density at radius 2 is 1.62 bits per heavy atom. The molecule has 0 aliphatic carbocycles. The van der Waals surface area contributed by atoms with E-state index in [0.717, 1.165) is 29.4 Å². The number of anilines is 2. The molecule has 2 rings (SSSR count). The summed E-state index contributed by atoms with van der Waals surface area (Å²) in [4.78, 5) is 23.8. The van der Waals surface area contributed by atoms with Gasteiger partial charge in [0.2, 0.25) is 15.9 Å². The molecule has 2 aromatic carbocycles.